The van der Waals surface area contributed by atoms with Gasteiger partial charge in [0.25, 0.3) is 5.92 Å². The standard InChI is InChI=1S/C23H13F17/c24-16(25,13-5-6-15-12(8-13)7-11-3-1-2-4-14(11)15)9-17(26,27)20(32,33)21(34,35)18(28,29)10-19(30,31)22(36,37)23(38,39)40/h1-6,8H,7,9-10H2. The molecule has 0 saturated carbocycles. The highest BCUT2D eigenvalue weighted by atomic mass is 19.4. The number of halogens is 17. The van der Waals surface area contributed by atoms with Crippen molar-refractivity contribution in [2.45, 2.75) is 66.9 Å². The van der Waals surface area contributed by atoms with Crippen molar-refractivity contribution in [3.63, 3.8) is 0 Å². The first-order valence-electron chi connectivity index (χ1n) is 10.6. The fourth-order valence-corrected chi connectivity index (χ4v) is 4.03. The molecule has 0 spiro atoms. The van der Waals surface area contributed by atoms with Crippen LogP contribution >= 0.6 is 0 Å². The van der Waals surface area contributed by atoms with Crippen LogP contribution in [0.4, 0.5) is 74.6 Å². The summed E-state index contributed by atoms with van der Waals surface area (Å²) < 4.78 is 230. The third-order valence-corrected chi connectivity index (χ3v) is 6.23. The minimum absolute atomic E-state index is 0.0386. The van der Waals surface area contributed by atoms with Gasteiger partial charge in [-0.2, -0.15) is 65.9 Å². The molecule has 0 saturated heterocycles. The minimum atomic E-state index is -7.82. The largest absolute Gasteiger partial charge is 0.459 e. The highest BCUT2D eigenvalue weighted by molar-refractivity contribution is 5.77. The molecule has 0 N–H and O–H groups in total. The van der Waals surface area contributed by atoms with Gasteiger partial charge in [0.05, 0.1) is 12.8 Å². The molecule has 0 fully saturated rings. The molecule has 2 aromatic rings. The molecule has 224 valence electrons. The van der Waals surface area contributed by atoms with Gasteiger partial charge in [-0.15, -0.1) is 0 Å². The van der Waals surface area contributed by atoms with E-state index in [2.05, 4.69) is 0 Å². The Bertz CT molecular complexity index is 1260. The minimum Gasteiger partial charge on any atom is -0.201 e. The van der Waals surface area contributed by atoms with Crippen LogP contribution in [0.2, 0.25) is 0 Å². The summed E-state index contributed by atoms with van der Waals surface area (Å²) >= 11 is 0. The molecular formula is C23H13F17. The SMILES string of the molecule is FC(F)(CC(F)(F)C(F)(F)C(F)(F)C(F)(F)CC(F)(F)C(F)(F)C(F)(F)F)c1ccc2c(c1)Cc1ccccc1-2. The molecule has 0 aromatic heterocycles. The second-order valence-corrected chi connectivity index (χ2v) is 9.10. The summed E-state index contributed by atoms with van der Waals surface area (Å²) in [6.45, 7) is 0. The Hall–Kier alpha value is -2.75. The van der Waals surface area contributed by atoms with Crippen LogP contribution in [-0.2, 0) is 12.3 Å². The number of rotatable bonds is 9. The molecule has 0 nitrogen and oxygen atoms in total. The Morgan fingerprint density at radius 3 is 1.45 bits per heavy atom. The van der Waals surface area contributed by atoms with E-state index < -0.39 is 66.0 Å². The molecule has 17 heteroatoms. The molecule has 0 atom stereocenters. The van der Waals surface area contributed by atoms with Gasteiger partial charge in [0.2, 0.25) is 0 Å². The average molecular weight is 612 g/mol. The lowest BCUT2D eigenvalue weighted by atomic mass is 9.88. The number of fused-ring (bicyclic) bond motifs is 3. The van der Waals surface area contributed by atoms with E-state index in [4.69, 9.17) is 0 Å². The molecule has 0 aliphatic heterocycles. The second-order valence-electron chi connectivity index (χ2n) is 9.10. The molecule has 0 amide bonds. The third kappa shape index (κ3) is 4.86. The summed E-state index contributed by atoms with van der Waals surface area (Å²) in [5, 5.41) is 0. The zero-order valence-corrected chi connectivity index (χ0v) is 19.1. The van der Waals surface area contributed by atoms with Crippen LogP contribution in [0, 0.1) is 0 Å². The normalized spacial score (nSPS) is 15.7. The molecule has 40 heavy (non-hydrogen) atoms. The van der Waals surface area contributed by atoms with Crippen LogP contribution in [0.1, 0.15) is 29.5 Å². The topological polar surface area (TPSA) is 0 Å². The van der Waals surface area contributed by atoms with E-state index in [1.807, 2.05) is 0 Å². The Labute approximate surface area is 212 Å². The van der Waals surface area contributed by atoms with Crippen LogP contribution in [0.25, 0.3) is 11.1 Å². The molecule has 3 rings (SSSR count). The van der Waals surface area contributed by atoms with Crippen LogP contribution in [0.5, 0.6) is 0 Å². The molecule has 0 heterocycles. The van der Waals surface area contributed by atoms with Gasteiger partial charge in [-0.1, -0.05) is 36.4 Å². The van der Waals surface area contributed by atoms with Crippen LogP contribution in [0.3, 0.4) is 0 Å². The van der Waals surface area contributed by atoms with Crippen molar-refractivity contribution in [2.24, 2.45) is 0 Å². The van der Waals surface area contributed by atoms with Crippen molar-refractivity contribution < 1.29 is 74.6 Å². The first-order chi connectivity index (χ1) is 17.7. The molecule has 2 aromatic carbocycles. The zero-order valence-electron chi connectivity index (χ0n) is 19.1. The summed E-state index contributed by atoms with van der Waals surface area (Å²) in [4.78, 5) is 0. The van der Waals surface area contributed by atoms with Gasteiger partial charge in [0.15, 0.2) is 0 Å². The molecule has 0 bridgehead atoms. The molecule has 0 radical (unpaired) electrons. The van der Waals surface area contributed by atoms with E-state index in [0.717, 1.165) is 6.07 Å². The summed E-state index contributed by atoms with van der Waals surface area (Å²) in [5.41, 5.74) is 0.0812. The van der Waals surface area contributed by atoms with Gasteiger partial charge < -0.3 is 0 Å². The maximum atomic E-state index is 14.6. The first-order valence-corrected chi connectivity index (χ1v) is 10.6. The van der Waals surface area contributed by atoms with Gasteiger partial charge in [-0.05, 0) is 34.7 Å². The van der Waals surface area contributed by atoms with E-state index in [0.29, 0.717) is 28.8 Å². The van der Waals surface area contributed by atoms with E-state index in [-0.39, 0.29) is 12.0 Å². The summed E-state index contributed by atoms with van der Waals surface area (Å²) in [7, 11) is 0. The van der Waals surface area contributed by atoms with Crippen molar-refractivity contribution in [2.75, 3.05) is 0 Å². The highest BCUT2D eigenvalue weighted by Crippen LogP contribution is 2.60. The highest BCUT2D eigenvalue weighted by Gasteiger charge is 2.84. The smallest absolute Gasteiger partial charge is 0.201 e. The van der Waals surface area contributed by atoms with Crippen LogP contribution < -0.4 is 0 Å². The van der Waals surface area contributed by atoms with Gasteiger partial charge in [0, 0.05) is 5.56 Å². The van der Waals surface area contributed by atoms with Crippen molar-refractivity contribution in [3.05, 3.63) is 59.2 Å². The summed E-state index contributed by atoms with van der Waals surface area (Å²) in [6.07, 6.45) is -15.7. The van der Waals surface area contributed by atoms with E-state index in [1.165, 1.54) is 0 Å². The second kappa shape index (κ2) is 9.13. The molecule has 0 unspecified atom stereocenters. The van der Waals surface area contributed by atoms with Gasteiger partial charge in [-0.3, -0.25) is 0 Å². The van der Waals surface area contributed by atoms with Crippen molar-refractivity contribution >= 4 is 0 Å². The fourth-order valence-electron chi connectivity index (χ4n) is 4.03. The van der Waals surface area contributed by atoms with Gasteiger partial charge >= 0.3 is 41.7 Å². The van der Waals surface area contributed by atoms with E-state index >= 15 is 0 Å². The number of hydrogen-bond acceptors (Lipinski definition) is 0. The Kier molecular flexibility index (Phi) is 7.25. The lowest BCUT2D eigenvalue weighted by molar-refractivity contribution is -0.399. The third-order valence-electron chi connectivity index (χ3n) is 6.23. The maximum absolute atomic E-state index is 14.6. The molecule has 1 aliphatic rings. The number of alkyl halides is 17. The monoisotopic (exact) mass is 612 g/mol. The maximum Gasteiger partial charge on any atom is 0.459 e. The quantitative estimate of drug-likeness (QED) is 0.211. The predicted molar refractivity (Wildman–Crippen MR) is 104 cm³/mol. The molecular weight excluding hydrogens is 599 g/mol. The van der Waals surface area contributed by atoms with E-state index in [1.54, 1.807) is 24.3 Å². The Morgan fingerprint density at radius 2 is 0.925 bits per heavy atom. The zero-order chi connectivity index (χ0) is 31.0. The van der Waals surface area contributed by atoms with Crippen LogP contribution in [-0.4, -0.2) is 41.7 Å². The Morgan fingerprint density at radius 1 is 0.475 bits per heavy atom. The summed E-state index contributed by atoms with van der Waals surface area (Å²) in [6, 6.07) is 8.25. The van der Waals surface area contributed by atoms with E-state index in [9.17, 15) is 74.6 Å². The number of hydrogen-bond donors (Lipinski definition) is 0. The fraction of sp³-hybridized carbons (Fsp3) is 0.478. The lowest BCUT2D eigenvalue weighted by Gasteiger charge is -2.39. The van der Waals surface area contributed by atoms with Crippen molar-refractivity contribution in [1.82, 2.24) is 0 Å². The predicted octanol–water partition coefficient (Wildman–Crippen LogP) is 9.50. The van der Waals surface area contributed by atoms with Gasteiger partial charge in [-0.25, -0.2) is 8.78 Å². The van der Waals surface area contributed by atoms with Crippen molar-refractivity contribution in [3.8, 4) is 11.1 Å². The average Bonchev–Trinajstić information content (AvgIpc) is 3.14. The summed E-state index contributed by atoms with van der Waals surface area (Å²) in [5.74, 6) is -49.5. The van der Waals surface area contributed by atoms with Crippen LogP contribution in [0.15, 0.2) is 42.5 Å². The lowest BCUT2D eigenvalue weighted by Crippen LogP contribution is -2.65. The first kappa shape index (κ1) is 31.8. The van der Waals surface area contributed by atoms with Crippen molar-refractivity contribution in [1.29, 1.82) is 0 Å². The number of benzene rings is 2. The van der Waals surface area contributed by atoms with Gasteiger partial charge in [0.1, 0.15) is 0 Å². The molecule has 1 aliphatic carbocycles. The Balaban J connectivity index is 1.91.